The molecule has 0 heterocycles. The third-order valence-electron chi connectivity index (χ3n) is 2.87. The summed E-state index contributed by atoms with van der Waals surface area (Å²) in [6.45, 7) is 1.88. The standard InChI is InChI=1S/C16H15ClN2O2/c1-11-5-7-14(8-6-11)19-16(21)18-10-15(20)12-3-2-4-13(17)9-12/h2-9H,10H2,1H3,(H2,18,19,21). The molecule has 0 saturated carbocycles. The van der Waals surface area contributed by atoms with Gasteiger partial charge in [-0.05, 0) is 31.2 Å². The van der Waals surface area contributed by atoms with Crippen molar-refractivity contribution in [3.8, 4) is 0 Å². The Balaban J connectivity index is 1.86. The second kappa shape index (κ2) is 6.90. The number of carbonyl (C=O) groups is 2. The van der Waals surface area contributed by atoms with Crippen LogP contribution in [0.25, 0.3) is 0 Å². The van der Waals surface area contributed by atoms with Crippen LogP contribution >= 0.6 is 11.6 Å². The Morgan fingerprint density at radius 2 is 1.81 bits per heavy atom. The van der Waals surface area contributed by atoms with E-state index in [-0.39, 0.29) is 12.3 Å². The van der Waals surface area contributed by atoms with Crippen LogP contribution in [0.3, 0.4) is 0 Å². The maximum absolute atomic E-state index is 11.9. The van der Waals surface area contributed by atoms with Gasteiger partial charge in [0.15, 0.2) is 5.78 Å². The van der Waals surface area contributed by atoms with Crippen molar-refractivity contribution >= 4 is 29.1 Å². The molecule has 0 aliphatic rings. The number of anilines is 1. The number of aryl methyl sites for hydroxylation is 1. The van der Waals surface area contributed by atoms with Gasteiger partial charge < -0.3 is 10.6 Å². The molecule has 21 heavy (non-hydrogen) atoms. The normalized spacial score (nSPS) is 10.0. The predicted molar refractivity (Wildman–Crippen MR) is 84.0 cm³/mol. The summed E-state index contributed by atoms with van der Waals surface area (Å²) in [5.41, 5.74) is 2.25. The van der Waals surface area contributed by atoms with Crippen molar-refractivity contribution in [3.63, 3.8) is 0 Å². The summed E-state index contributed by atoms with van der Waals surface area (Å²) in [7, 11) is 0. The van der Waals surface area contributed by atoms with E-state index >= 15 is 0 Å². The van der Waals surface area contributed by atoms with Crippen molar-refractivity contribution in [1.29, 1.82) is 0 Å². The molecule has 4 nitrogen and oxygen atoms in total. The highest BCUT2D eigenvalue weighted by Gasteiger charge is 2.08. The lowest BCUT2D eigenvalue weighted by Crippen LogP contribution is -2.33. The molecule has 0 atom stereocenters. The first kappa shape index (κ1) is 15.1. The van der Waals surface area contributed by atoms with Crippen LogP contribution in [-0.2, 0) is 0 Å². The number of ketones is 1. The van der Waals surface area contributed by atoms with Crippen LogP contribution in [-0.4, -0.2) is 18.4 Å². The monoisotopic (exact) mass is 302 g/mol. The molecule has 0 saturated heterocycles. The predicted octanol–water partition coefficient (Wildman–Crippen LogP) is 3.65. The van der Waals surface area contributed by atoms with Gasteiger partial charge >= 0.3 is 6.03 Å². The van der Waals surface area contributed by atoms with Crippen LogP contribution in [0, 0.1) is 6.92 Å². The van der Waals surface area contributed by atoms with Crippen LogP contribution < -0.4 is 10.6 Å². The number of hydrogen-bond acceptors (Lipinski definition) is 2. The van der Waals surface area contributed by atoms with Crippen molar-refractivity contribution in [1.82, 2.24) is 5.32 Å². The van der Waals surface area contributed by atoms with Crippen LogP contribution in [0.4, 0.5) is 10.5 Å². The summed E-state index contributed by atoms with van der Waals surface area (Å²) in [5.74, 6) is -0.198. The molecule has 0 fully saturated rings. The zero-order chi connectivity index (χ0) is 15.2. The summed E-state index contributed by atoms with van der Waals surface area (Å²) in [6.07, 6.45) is 0. The van der Waals surface area contributed by atoms with E-state index < -0.39 is 6.03 Å². The summed E-state index contributed by atoms with van der Waals surface area (Å²) >= 11 is 5.82. The Morgan fingerprint density at radius 1 is 1.10 bits per heavy atom. The van der Waals surface area contributed by atoms with Gasteiger partial charge in [-0.3, -0.25) is 4.79 Å². The molecule has 0 unspecified atom stereocenters. The Bertz CT molecular complexity index is 654. The van der Waals surface area contributed by atoms with Gasteiger partial charge in [-0.1, -0.05) is 41.4 Å². The number of halogens is 1. The zero-order valence-electron chi connectivity index (χ0n) is 11.5. The highest BCUT2D eigenvalue weighted by atomic mass is 35.5. The number of Topliss-reactive ketones (excluding diaryl/α,β-unsaturated/α-hetero) is 1. The summed E-state index contributed by atoms with van der Waals surface area (Å²) in [4.78, 5) is 23.6. The van der Waals surface area contributed by atoms with Gasteiger partial charge in [-0.2, -0.15) is 0 Å². The maximum atomic E-state index is 11.9. The molecule has 2 aromatic carbocycles. The number of benzene rings is 2. The second-order valence-corrected chi connectivity index (χ2v) is 5.04. The molecule has 0 aliphatic carbocycles. The molecule has 5 heteroatoms. The van der Waals surface area contributed by atoms with E-state index in [4.69, 9.17) is 11.6 Å². The average molecular weight is 303 g/mol. The first-order valence-corrected chi connectivity index (χ1v) is 6.83. The molecule has 2 rings (SSSR count). The lowest BCUT2D eigenvalue weighted by Gasteiger charge is -2.07. The van der Waals surface area contributed by atoms with Crippen LogP contribution in [0.15, 0.2) is 48.5 Å². The molecule has 0 aromatic heterocycles. The molecule has 2 aromatic rings. The van der Waals surface area contributed by atoms with Gasteiger partial charge in [-0.25, -0.2) is 4.79 Å². The number of carbonyl (C=O) groups excluding carboxylic acids is 2. The van der Waals surface area contributed by atoms with Crippen LogP contribution in [0.1, 0.15) is 15.9 Å². The SMILES string of the molecule is Cc1ccc(NC(=O)NCC(=O)c2cccc(Cl)c2)cc1. The van der Waals surface area contributed by atoms with E-state index in [1.807, 2.05) is 19.1 Å². The van der Waals surface area contributed by atoms with E-state index in [0.29, 0.717) is 16.3 Å². The third kappa shape index (κ3) is 4.61. The van der Waals surface area contributed by atoms with Crippen molar-refractivity contribution in [3.05, 3.63) is 64.7 Å². The van der Waals surface area contributed by atoms with Crippen LogP contribution in [0.2, 0.25) is 5.02 Å². The lowest BCUT2D eigenvalue weighted by molar-refractivity contribution is 0.0993. The molecule has 108 valence electrons. The Hall–Kier alpha value is -2.33. The highest BCUT2D eigenvalue weighted by Crippen LogP contribution is 2.11. The largest absolute Gasteiger partial charge is 0.330 e. The minimum atomic E-state index is -0.422. The fourth-order valence-electron chi connectivity index (χ4n) is 1.74. The molecular weight excluding hydrogens is 288 g/mol. The summed E-state index contributed by atoms with van der Waals surface area (Å²) in [6, 6.07) is 13.6. The van der Waals surface area contributed by atoms with Gasteiger partial charge in [0.2, 0.25) is 0 Å². The van der Waals surface area contributed by atoms with Gasteiger partial charge in [0.1, 0.15) is 0 Å². The van der Waals surface area contributed by atoms with E-state index in [2.05, 4.69) is 10.6 Å². The third-order valence-corrected chi connectivity index (χ3v) is 3.10. The summed E-state index contributed by atoms with van der Waals surface area (Å²) in [5, 5.41) is 5.67. The molecule has 0 spiro atoms. The smallest absolute Gasteiger partial charge is 0.319 e. The number of nitrogens with one attached hydrogen (secondary N) is 2. The minimum Gasteiger partial charge on any atom is -0.330 e. The average Bonchev–Trinajstić information content (AvgIpc) is 2.47. The zero-order valence-corrected chi connectivity index (χ0v) is 12.3. The van der Waals surface area contributed by atoms with E-state index in [9.17, 15) is 9.59 Å². The number of hydrogen-bond donors (Lipinski definition) is 2. The highest BCUT2D eigenvalue weighted by molar-refractivity contribution is 6.31. The molecular formula is C16H15ClN2O2. The number of rotatable bonds is 4. The number of amides is 2. The number of urea groups is 1. The van der Waals surface area contributed by atoms with Crippen molar-refractivity contribution in [2.45, 2.75) is 6.92 Å². The molecule has 0 radical (unpaired) electrons. The van der Waals surface area contributed by atoms with Crippen molar-refractivity contribution in [2.75, 3.05) is 11.9 Å². The quantitative estimate of drug-likeness (QED) is 0.847. The Morgan fingerprint density at radius 3 is 2.48 bits per heavy atom. The molecule has 2 amide bonds. The van der Waals surface area contributed by atoms with Crippen LogP contribution in [0.5, 0.6) is 0 Å². The molecule has 0 bridgehead atoms. The Kier molecular flexibility index (Phi) is 4.95. The van der Waals surface area contributed by atoms with Gasteiger partial charge in [0, 0.05) is 16.3 Å². The van der Waals surface area contributed by atoms with E-state index in [0.717, 1.165) is 5.56 Å². The molecule has 2 N–H and O–H groups in total. The Labute approximate surface area is 128 Å². The van der Waals surface area contributed by atoms with E-state index in [1.165, 1.54) is 0 Å². The topological polar surface area (TPSA) is 58.2 Å². The summed E-state index contributed by atoms with van der Waals surface area (Å²) < 4.78 is 0. The first-order chi connectivity index (χ1) is 10.0. The van der Waals surface area contributed by atoms with Gasteiger partial charge in [0.05, 0.1) is 6.54 Å². The molecule has 0 aliphatic heterocycles. The second-order valence-electron chi connectivity index (χ2n) is 4.61. The van der Waals surface area contributed by atoms with E-state index in [1.54, 1.807) is 36.4 Å². The minimum absolute atomic E-state index is 0.0853. The maximum Gasteiger partial charge on any atom is 0.319 e. The first-order valence-electron chi connectivity index (χ1n) is 6.45. The fraction of sp³-hybridized carbons (Fsp3) is 0.125. The fourth-order valence-corrected chi connectivity index (χ4v) is 1.93. The van der Waals surface area contributed by atoms with Gasteiger partial charge in [0.25, 0.3) is 0 Å². The lowest BCUT2D eigenvalue weighted by atomic mass is 10.1. The van der Waals surface area contributed by atoms with Crippen molar-refractivity contribution < 1.29 is 9.59 Å². The van der Waals surface area contributed by atoms with Crippen molar-refractivity contribution in [2.24, 2.45) is 0 Å². The van der Waals surface area contributed by atoms with Gasteiger partial charge in [-0.15, -0.1) is 0 Å².